The molecule has 9 nitrogen and oxygen atoms in total. The van der Waals surface area contributed by atoms with Gasteiger partial charge in [0, 0.05) is 41.9 Å². The number of carbonyl (C=O) groups excluding carboxylic acids is 2. The summed E-state index contributed by atoms with van der Waals surface area (Å²) >= 11 is 14.3. The minimum atomic E-state index is -0.736. The number of fused-ring (bicyclic) bond motifs is 2. The van der Waals surface area contributed by atoms with Crippen LogP contribution in [0.2, 0.25) is 10.0 Å². The number of aromatic nitrogens is 1. The second-order valence-corrected chi connectivity index (χ2v) is 14.0. The number of thiophene rings is 1. The van der Waals surface area contributed by atoms with Gasteiger partial charge in [0.25, 0.3) is 0 Å². The lowest BCUT2D eigenvalue weighted by atomic mass is 9.97. The molecule has 2 bridgehead atoms. The number of nitrogens with one attached hydrogen (secondary N) is 2. The van der Waals surface area contributed by atoms with Crippen LogP contribution in [0.25, 0.3) is 0 Å². The Hall–Kier alpha value is -3.67. The number of carbonyl (C=O) groups is 2. The second-order valence-electron chi connectivity index (χ2n) is 12.0. The summed E-state index contributed by atoms with van der Waals surface area (Å²) in [6, 6.07) is 18.6. The molecule has 5 atom stereocenters. The molecule has 4 heterocycles. The molecular formula is C36H38Cl2N3O6S+. The molecule has 2 aromatic carbocycles. The fraction of sp³-hybridized carbons (Fsp3) is 0.361. The number of H-pyrrole nitrogens is 1. The molecule has 0 amide bonds. The van der Waals surface area contributed by atoms with Crippen molar-refractivity contribution >= 4 is 46.5 Å². The predicted molar refractivity (Wildman–Crippen MR) is 184 cm³/mol. The fourth-order valence-electron chi connectivity index (χ4n) is 6.64. The van der Waals surface area contributed by atoms with E-state index in [1.807, 2.05) is 42.5 Å². The van der Waals surface area contributed by atoms with Gasteiger partial charge in [-0.1, -0.05) is 59.6 Å². The van der Waals surface area contributed by atoms with Crippen molar-refractivity contribution in [3.05, 3.63) is 110 Å². The lowest BCUT2D eigenvalue weighted by Crippen LogP contribution is -2.37. The number of hydrogen-bond acceptors (Lipinski definition) is 9. The number of pyridine rings is 1. The molecule has 0 saturated carbocycles. The van der Waals surface area contributed by atoms with Crippen LogP contribution in [0.1, 0.15) is 62.6 Å². The number of aromatic amines is 1. The third-order valence-electron chi connectivity index (χ3n) is 9.22. The second kappa shape index (κ2) is 15.3. The summed E-state index contributed by atoms with van der Waals surface area (Å²) in [5.41, 5.74) is 2.14. The van der Waals surface area contributed by atoms with Gasteiger partial charge in [0.1, 0.15) is 33.2 Å². The van der Waals surface area contributed by atoms with Gasteiger partial charge in [-0.25, -0.2) is 14.6 Å². The van der Waals surface area contributed by atoms with E-state index in [4.69, 9.17) is 42.1 Å². The molecule has 2 aliphatic heterocycles. The predicted octanol–water partition coefficient (Wildman–Crippen LogP) is 6.64. The topological polar surface area (TPSA) is 100 Å². The first-order valence-electron chi connectivity index (χ1n) is 15.8. The molecule has 12 heteroatoms. The number of rotatable bonds is 13. The number of hydrogen-bond donors (Lipinski definition) is 1. The standard InChI is InChI=1S/C36H37Cl2N3O6S/c1-41-23-10-12-28(41)31(16-23)47-36(43)34(21-7-5-4-6-8-21)40-18-24-11-14-33(48-24)35(42)46-30(17-25-26(37)19-39-20-27(25)38)22-9-13-29(44-2)32(15-22)45-3/h4-9,11,13-15,19-20,23,28,30-31,34,40H,10,12,16-18H2,1-3H3/p+1/t23?,28?,30-,31?,34?/m0/s1. The van der Waals surface area contributed by atoms with Gasteiger partial charge in [-0.05, 0) is 55.3 Å². The maximum absolute atomic E-state index is 13.6. The van der Waals surface area contributed by atoms with Crippen LogP contribution < -0.4 is 19.8 Å². The molecule has 4 unspecified atom stereocenters. The summed E-state index contributed by atoms with van der Waals surface area (Å²) in [5, 5.41) is 4.23. The van der Waals surface area contributed by atoms with Crippen molar-refractivity contribution in [3.8, 4) is 11.5 Å². The molecule has 0 spiro atoms. The van der Waals surface area contributed by atoms with E-state index in [9.17, 15) is 9.59 Å². The Morgan fingerprint density at radius 2 is 1.73 bits per heavy atom. The zero-order valence-corrected chi connectivity index (χ0v) is 29.2. The van der Waals surface area contributed by atoms with E-state index in [0.29, 0.717) is 50.1 Å². The van der Waals surface area contributed by atoms with E-state index in [-0.39, 0.29) is 24.5 Å². The molecular weight excluding hydrogens is 673 g/mol. The summed E-state index contributed by atoms with van der Waals surface area (Å²) in [6.07, 6.45) is 5.72. The van der Waals surface area contributed by atoms with Crippen LogP contribution in [0.3, 0.4) is 0 Å². The molecule has 48 heavy (non-hydrogen) atoms. The van der Waals surface area contributed by atoms with Gasteiger partial charge in [0.05, 0.1) is 14.2 Å². The van der Waals surface area contributed by atoms with E-state index in [1.54, 1.807) is 44.8 Å². The Morgan fingerprint density at radius 1 is 0.979 bits per heavy atom. The maximum atomic E-state index is 13.6. The number of likely N-dealkylation sites (N-methyl/N-ethyl adjacent to an activating group) is 1. The first-order valence-corrected chi connectivity index (χ1v) is 17.4. The minimum absolute atomic E-state index is 0.102. The normalized spacial score (nSPS) is 19.9. The summed E-state index contributed by atoms with van der Waals surface area (Å²) < 4.78 is 23.1. The number of nitrogens with zero attached hydrogens (tertiary/aromatic N) is 1. The average molecular weight is 712 g/mol. The quantitative estimate of drug-likeness (QED) is 0.154. The zero-order valence-electron chi connectivity index (χ0n) is 26.9. The zero-order chi connectivity index (χ0) is 33.8. The highest BCUT2D eigenvalue weighted by Crippen LogP contribution is 2.39. The fourth-order valence-corrected chi connectivity index (χ4v) is 8.01. The van der Waals surface area contributed by atoms with Crippen LogP contribution in [0, 0.1) is 0 Å². The average Bonchev–Trinajstić information content (AvgIpc) is 3.80. The molecule has 2 fully saturated rings. The van der Waals surface area contributed by atoms with Gasteiger partial charge in [0.2, 0.25) is 0 Å². The van der Waals surface area contributed by atoms with Crippen LogP contribution in [0.5, 0.6) is 11.5 Å². The van der Waals surface area contributed by atoms with Crippen molar-refractivity contribution in [1.29, 1.82) is 0 Å². The molecule has 2 N–H and O–H groups in total. The molecule has 0 radical (unpaired) electrons. The molecule has 2 aromatic heterocycles. The largest absolute Gasteiger partial charge is 0.493 e. The van der Waals surface area contributed by atoms with Crippen LogP contribution in [0.4, 0.5) is 0 Å². The molecule has 6 rings (SSSR count). The number of ether oxygens (including phenoxy) is 4. The number of halogens is 2. The Balaban J connectivity index is 1.17. The summed E-state index contributed by atoms with van der Waals surface area (Å²) in [7, 11) is 5.22. The highest BCUT2D eigenvalue weighted by Gasteiger charge is 2.46. The van der Waals surface area contributed by atoms with Crippen molar-refractivity contribution in [1.82, 2.24) is 10.2 Å². The molecule has 252 valence electrons. The number of methoxy groups -OCH3 is 2. The van der Waals surface area contributed by atoms with Crippen molar-refractivity contribution in [3.63, 3.8) is 0 Å². The molecule has 2 saturated heterocycles. The first kappa shape index (κ1) is 34.2. The Bertz CT molecular complexity index is 1730. The Morgan fingerprint density at radius 3 is 2.40 bits per heavy atom. The lowest BCUT2D eigenvalue weighted by molar-refractivity contribution is -0.377. The summed E-state index contributed by atoms with van der Waals surface area (Å²) in [4.78, 5) is 33.7. The van der Waals surface area contributed by atoms with Crippen LogP contribution in [0.15, 0.2) is 73.1 Å². The summed E-state index contributed by atoms with van der Waals surface area (Å²) in [6.45, 7) is 0.355. The van der Waals surface area contributed by atoms with E-state index in [1.165, 1.54) is 11.3 Å². The van der Waals surface area contributed by atoms with Gasteiger partial charge in [-0.3, -0.25) is 10.2 Å². The Labute approximate surface area is 294 Å². The van der Waals surface area contributed by atoms with Crippen LogP contribution in [-0.4, -0.2) is 56.3 Å². The van der Waals surface area contributed by atoms with Gasteiger partial charge in [-0.15, -0.1) is 11.3 Å². The van der Waals surface area contributed by atoms with Crippen molar-refractivity contribution in [2.75, 3.05) is 21.3 Å². The molecule has 0 aliphatic carbocycles. The van der Waals surface area contributed by atoms with E-state index in [2.05, 4.69) is 22.2 Å². The van der Waals surface area contributed by atoms with Gasteiger partial charge in [0.15, 0.2) is 23.9 Å². The van der Waals surface area contributed by atoms with Crippen LogP contribution >= 0.6 is 34.5 Å². The van der Waals surface area contributed by atoms with Gasteiger partial charge < -0.3 is 18.9 Å². The highest BCUT2D eigenvalue weighted by molar-refractivity contribution is 7.13. The van der Waals surface area contributed by atoms with E-state index >= 15 is 0 Å². The summed E-state index contributed by atoms with van der Waals surface area (Å²) in [5.74, 6) is 0.253. The molecule has 4 aromatic rings. The van der Waals surface area contributed by atoms with E-state index in [0.717, 1.165) is 29.7 Å². The lowest BCUT2D eigenvalue weighted by Gasteiger charge is -2.25. The van der Waals surface area contributed by atoms with E-state index < -0.39 is 18.1 Å². The van der Waals surface area contributed by atoms with Gasteiger partial charge in [-0.2, -0.15) is 0 Å². The van der Waals surface area contributed by atoms with Crippen molar-refractivity contribution in [2.24, 2.45) is 0 Å². The minimum Gasteiger partial charge on any atom is -0.493 e. The van der Waals surface area contributed by atoms with Crippen molar-refractivity contribution in [2.45, 2.75) is 62.6 Å². The van der Waals surface area contributed by atoms with Crippen molar-refractivity contribution < 1.29 is 33.5 Å². The monoisotopic (exact) mass is 710 g/mol. The van der Waals surface area contributed by atoms with Crippen LogP contribution in [-0.2, 0) is 27.2 Å². The SMILES string of the molecule is COc1ccc([C@H](Cc2c(Cl)c[nH+]cc2Cl)OC(=O)c2ccc(CNC(C(=O)OC3CC4CCC3N4C)c3ccccc3)s2)cc1OC. The first-order chi connectivity index (χ1) is 23.2. The molecule has 2 aliphatic rings. The van der Waals surface area contributed by atoms with Gasteiger partial charge >= 0.3 is 11.9 Å². The maximum Gasteiger partial charge on any atom is 0.348 e. The third-order valence-corrected chi connectivity index (χ3v) is 11.0. The Kier molecular flexibility index (Phi) is 10.9. The highest BCUT2D eigenvalue weighted by atomic mass is 35.5. The smallest absolute Gasteiger partial charge is 0.348 e. The number of esters is 2. The third kappa shape index (κ3) is 7.48. The number of benzene rings is 2.